The Bertz CT molecular complexity index is 920. The number of urea groups is 1. The highest BCUT2D eigenvalue weighted by Crippen LogP contribution is 2.29. The van der Waals surface area contributed by atoms with Gasteiger partial charge in [0.25, 0.3) is 0 Å². The van der Waals surface area contributed by atoms with Crippen molar-refractivity contribution in [2.24, 2.45) is 0 Å². The minimum Gasteiger partial charge on any atom is -0.440 e. The van der Waals surface area contributed by atoms with Crippen LogP contribution in [0, 0.1) is 0 Å². The molecule has 6 nitrogen and oxygen atoms in total. The van der Waals surface area contributed by atoms with Crippen LogP contribution in [0.3, 0.4) is 0 Å². The Balaban J connectivity index is 1.37. The van der Waals surface area contributed by atoms with Crippen molar-refractivity contribution in [1.29, 1.82) is 0 Å². The summed E-state index contributed by atoms with van der Waals surface area (Å²) in [4.78, 5) is 19.1. The summed E-state index contributed by atoms with van der Waals surface area (Å²) in [5.74, 6) is 0.864. The zero-order chi connectivity index (χ0) is 19.3. The fourth-order valence-electron chi connectivity index (χ4n) is 3.71. The number of hydrogen-bond donors (Lipinski definition) is 1. The highest BCUT2D eigenvalue weighted by Gasteiger charge is 2.28. The normalized spacial score (nSPS) is 17.0. The molecule has 1 atom stereocenters. The van der Waals surface area contributed by atoms with Crippen LogP contribution in [0.15, 0.2) is 52.9 Å². The number of likely N-dealkylation sites (tertiary alicyclic amines) is 1. The number of carbonyl (C=O) groups excluding carboxylic acids is 1. The molecule has 2 aromatic carbocycles. The molecule has 1 aliphatic rings. The molecule has 0 saturated carbocycles. The summed E-state index contributed by atoms with van der Waals surface area (Å²) < 4.78 is 11.1. The van der Waals surface area contributed by atoms with E-state index >= 15 is 0 Å². The van der Waals surface area contributed by atoms with E-state index in [0.29, 0.717) is 19.7 Å². The zero-order valence-electron chi connectivity index (χ0n) is 16.1. The van der Waals surface area contributed by atoms with E-state index in [2.05, 4.69) is 16.4 Å². The van der Waals surface area contributed by atoms with E-state index in [0.717, 1.165) is 47.5 Å². The first-order valence-electron chi connectivity index (χ1n) is 9.68. The van der Waals surface area contributed by atoms with Gasteiger partial charge in [0, 0.05) is 26.7 Å². The molecule has 1 saturated heterocycles. The molecule has 1 aromatic heterocycles. The second-order valence-electron chi connectivity index (χ2n) is 7.22. The van der Waals surface area contributed by atoms with Crippen molar-refractivity contribution in [3.8, 4) is 0 Å². The zero-order valence-corrected chi connectivity index (χ0v) is 16.1. The maximum Gasteiger partial charge on any atom is 0.317 e. The molecule has 1 N–H and O–H groups in total. The van der Waals surface area contributed by atoms with Gasteiger partial charge in [-0.25, -0.2) is 9.78 Å². The van der Waals surface area contributed by atoms with Crippen molar-refractivity contribution < 1.29 is 13.9 Å². The standard InChI is InChI=1S/C22H25N3O3/c1-27-15-17-7-4-6-16(12-17)13-23-22(26)25-11-5-8-18(14-25)21-24-19-9-2-3-10-20(19)28-21/h2-4,6-7,9-10,12,18H,5,8,11,13-15H2,1H3,(H,23,26). The van der Waals surface area contributed by atoms with Crippen molar-refractivity contribution in [2.45, 2.75) is 31.9 Å². The predicted octanol–water partition coefficient (Wildman–Crippen LogP) is 4.06. The van der Waals surface area contributed by atoms with Gasteiger partial charge in [-0.05, 0) is 36.1 Å². The van der Waals surface area contributed by atoms with Crippen LogP contribution in [0.25, 0.3) is 11.1 Å². The van der Waals surface area contributed by atoms with Crippen LogP contribution in [0.4, 0.5) is 4.79 Å². The number of carbonyl (C=O) groups is 1. The Kier molecular flexibility index (Phi) is 5.58. The molecule has 2 amide bonds. The van der Waals surface area contributed by atoms with Gasteiger partial charge < -0.3 is 19.4 Å². The largest absolute Gasteiger partial charge is 0.440 e. The maximum absolute atomic E-state index is 12.7. The average molecular weight is 379 g/mol. The first-order valence-corrected chi connectivity index (χ1v) is 9.68. The molecule has 1 fully saturated rings. The lowest BCUT2D eigenvalue weighted by Gasteiger charge is -2.31. The highest BCUT2D eigenvalue weighted by molar-refractivity contribution is 5.74. The van der Waals surface area contributed by atoms with E-state index in [1.807, 2.05) is 47.4 Å². The van der Waals surface area contributed by atoms with Crippen LogP contribution in [-0.4, -0.2) is 36.1 Å². The minimum atomic E-state index is -0.0436. The van der Waals surface area contributed by atoms with E-state index < -0.39 is 0 Å². The van der Waals surface area contributed by atoms with E-state index in [4.69, 9.17) is 9.15 Å². The van der Waals surface area contributed by atoms with Gasteiger partial charge in [-0.15, -0.1) is 0 Å². The van der Waals surface area contributed by atoms with Gasteiger partial charge in [-0.3, -0.25) is 0 Å². The Hall–Kier alpha value is -2.86. The van der Waals surface area contributed by atoms with E-state index in [1.165, 1.54) is 0 Å². The number of methoxy groups -OCH3 is 1. The number of para-hydroxylation sites is 2. The second-order valence-corrected chi connectivity index (χ2v) is 7.22. The van der Waals surface area contributed by atoms with Crippen LogP contribution in [0.1, 0.15) is 35.8 Å². The van der Waals surface area contributed by atoms with Crippen molar-refractivity contribution in [3.63, 3.8) is 0 Å². The first-order chi connectivity index (χ1) is 13.7. The monoisotopic (exact) mass is 379 g/mol. The molecule has 2 heterocycles. The third-order valence-corrected chi connectivity index (χ3v) is 5.11. The molecular formula is C22H25N3O3. The lowest BCUT2D eigenvalue weighted by molar-refractivity contribution is 0.174. The fourth-order valence-corrected chi connectivity index (χ4v) is 3.71. The molecule has 28 heavy (non-hydrogen) atoms. The van der Waals surface area contributed by atoms with Crippen LogP contribution >= 0.6 is 0 Å². The molecule has 146 valence electrons. The van der Waals surface area contributed by atoms with Crippen molar-refractivity contribution in [3.05, 3.63) is 65.5 Å². The third kappa shape index (κ3) is 4.17. The first kappa shape index (κ1) is 18.5. The van der Waals surface area contributed by atoms with Crippen LogP contribution < -0.4 is 5.32 Å². The summed E-state index contributed by atoms with van der Waals surface area (Å²) in [6, 6.07) is 15.8. The predicted molar refractivity (Wildman–Crippen MR) is 107 cm³/mol. The number of benzene rings is 2. The number of nitrogens with one attached hydrogen (secondary N) is 1. The van der Waals surface area contributed by atoms with Gasteiger partial charge in [-0.1, -0.05) is 36.4 Å². The third-order valence-electron chi connectivity index (χ3n) is 5.11. The van der Waals surface area contributed by atoms with E-state index in [9.17, 15) is 4.79 Å². The average Bonchev–Trinajstić information content (AvgIpc) is 3.17. The Morgan fingerprint density at radius 2 is 2.11 bits per heavy atom. The minimum absolute atomic E-state index is 0.0436. The second kappa shape index (κ2) is 8.44. The maximum atomic E-state index is 12.7. The van der Waals surface area contributed by atoms with Crippen molar-refractivity contribution >= 4 is 17.1 Å². The van der Waals surface area contributed by atoms with Crippen molar-refractivity contribution in [1.82, 2.24) is 15.2 Å². The van der Waals surface area contributed by atoms with E-state index in [1.54, 1.807) is 7.11 Å². The summed E-state index contributed by atoms with van der Waals surface area (Å²) in [5.41, 5.74) is 3.84. The lowest BCUT2D eigenvalue weighted by Crippen LogP contribution is -2.44. The Morgan fingerprint density at radius 3 is 2.96 bits per heavy atom. The number of fused-ring (bicyclic) bond motifs is 1. The van der Waals surface area contributed by atoms with Crippen LogP contribution in [0.2, 0.25) is 0 Å². The SMILES string of the molecule is COCc1cccc(CNC(=O)N2CCCC(c3nc4ccccc4o3)C2)c1. The number of hydrogen-bond acceptors (Lipinski definition) is 4. The fraction of sp³-hybridized carbons (Fsp3) is 0.364. The molecule has 4 rings (SSSR count). The summed E-state index contributed by atoms with van der Waals surface area (Å²) >= 11 is 0. The van der Waals surface area contributed by atoms with Gasteiger partial charge in [0.15, 0.2) is 11.5 Å². The molecule has 1 aliphatic heterocycles. The smallest absolute Gasteiger partial charge is 0.317 e. The molecule has 0 radical (unpaired) electrons. The van der Waals surface area contributed by atoms with Gasteiger partial charge in [0.2, 0.25) is 0 Å². The number of piperidine rings is 1. The summed E-state index contributed by atoms with van der Waals surface area (Å²) in [5, 5.41) is 3.03. The number of aromatic nitrogens is 1. The molecule has 6 heteroatoms. The number of nitrogens with zero attached hydrogens (tertiary/aromatic N) is 2. The van der Waals surface area contributed by atoms with Gasteiger partial charge in [0.1, 0.15) is 5.52 Å². The number of amides is 2. The molecule has 1 unspecified atom stereocenters. The van der Waals surface area contributed by atoms with Crippen LogP contribution in [0.5, 0.6) is 0 Å². The van der Waals surface area contributed by atoms with Gasteiger partial charge >= 0.3 is 6.03 Å². The molecule has 0 bridgehead atoms. The quantitative estimate of drug-likeness (QED) is 0.726. The lowest BCUT2D eigenvalue weighted by atomic mass is 9.98. The summed E-state index contributed by atoms with van der Waals surface area (Å²) in [7, 11) is 1.68. The summed E-state index contributed by atoms with van der Waals surface area (Å²) in [6.07, 6.45) is 1.93. The number of ether oxygens (including phenoxy) is 1. The summed E-state index contributed by atoms with van der Waals surface area (Å²) in [6.45, 7) is 2.45. The number of rotatable bonds is 5. The van der Waals surface area contributed by atoms with Gasteiger partial charge in [0.05, 0.1) is 12.5 Å². The Labute approximate surface area is 164 Å². The highest BCUT2D eigenvalue weighted by atomic mass is 16.5. The van der Waals surface area contributed by atoms with Crippen molar-refractivity contribution in [2.75, 3.05) is 20.2 Å². The molecule has 0 spiro atoms. The number of oxazole rings is 1. The van der Waals surface area contributed by atoms with Crippen LogP contribution in [-0.2, 0) is 17.9 Å². The molecule has 3 aromatic rings. The molecule has 0 aliphatic carbocycles. The van der Waals surface area contributed by atoms with E-state index in [-0.39, 0.29) is 11.9 Å². The van der Waals surface area contributed by atoms with Gasteiger partial charge in [-0.2, -0.15) is 0 Å². The molecular weight excluding hydrogens is 354 g/mol. The Morgan fingerprint density at radius 1 is 1.25 bits per heavy atom. The topological polar surface area (TPSA) is 67.6 Å².